The Morgan fingerprint density at radius 1 is 1.22 bits per heavy atom. The highest BCUT2D eigenvalue weighted by molar-refractivity contribution is 7.14. The first-order chi connectivity index (χ1) is 11.2. The summed E-state index contributed by atoms with van der Waals surface area (Å²) in [5.41, 5.74) is 3.03. The van der Waals surface area contributed by atoms with E-state index in [0.29, 0.717) is 10.7 Å². The topological polar surface area (TPSA) is 64.1 Å². The van der Waals surface area contributed by atoms with Crippen molar-refractivity contribution in [3.63, 3.8) is 0 Å². The van der Waals surface area contributed by atoms with Crippen LogP contribution in [0.25, 0.3) is 11.3 Å². The molecule has 5 nitrogen and oxygen atoms in total. The van der Waals surface area contributed by atoms with Crippen molar-refractivity contribution in [2.75, 3.05) is 12.4 Å². The minimum Gasteiger partial charge on any atom is -0.496 e. The van der Waals surface area contributed by atoms with Gasteiger partial charge in [0.25, 0.3) is 5.91 Å². The lowest BCUT2D eigenvalue weighted by Crippen LogP contribution is -2.12. The highest BCUT2D eigenvalue weighted by Gasteiger charge is 2.12. The predicted molar refractivity (Wildman–Crippen MR) is 91.0 cm³/mol. The first-order valence-electron chi connectivity index (χ1n) is 7.00. The first kappa shape index (κ1) is 15.2. The molecule has 0 bridgehead atoms. The van der Waals surface area contributed by atoms with Crippen molar-refractivity contribution in [1.29, 1.82) is 0 Å². The van der Waals surface area contributed by atoms with Gasteiger partial charge in [-0.15, -0.1) is 11.3 Å². The van der Waals surface area contributed by atoms with Gasteiger partial charge in [0, 0.05) is 22.8 Å². The number of pyridine rings is 1. The molecule has 1 N–H and O–H groups in total. The molecule has 1 amide bonds. The summed E-state index contributed by atoms with van der Waals surface area (Å²) in [6, 6.07) is 11.2. The Kier molecular flexibility index (Phi) is 4.34. The van der Waals surface area contributed by atoms with Crippen LogP contribution in [0.15, 0.2) is 48.0 Å². The number of carbonyl (C=O) groups is 1. The number of carbonyl (C=O) groups excluding carboxylic acids is 1. The first-order valence-corrected chi connectivity index (χ1v) is 7.88. The summed E-state index contributed by atoms with van der Waals surface area (Å²) in [5, 5.41) is 5.22. The van der Waals surface area contributed by atoms with Crippen LogP contribution in [0.3, 0.4) is 0 Å². The molecule has 0 unspecified atom stereocenters. The van der Waals surface area contributed by atoms with Crippen LogP contribution in [-0.4, -0.2) is 23.0 Å². The molecule has 3 aromatic rings. The SMILES string of the molecule is COc1ccccc1-c1csc(NC(=O)c2ccc(C)nc2)n1. The summed E-state index contributed by atoms with van der Waals surface area (Å²) >= 11 is 1.37. The van der Waals surface area contributed by atoms with Crippen molar-refractivity contribution in [3.8, 4) is 17.0 Å². The van der Waals surface area contributed by atoms with Crippen LogP contribution in [0.1, 0.15) is 16.1 Å². The summed E-state index contributed by atoms with van der Waals surface area (Å²) in [5.74, 6) is 0.525. The fraction of sp³-hybridized carbons (Fsp3) is 0.118. The second-order valence-electron chi connectivity index (χ2n) is 4.88. The number of hydrogen-bond donors (Lipinski definition) is 1. The Morgan fingerprint density at radius 3 is 2.78 bits per heavy atom. The zero-order chi connectivity index (χ0) is 16.2. The van der Waals surface area contributed by atoms with Crippen LogP contribution in [0.4, 0.5) is 5.13 Å². The third-order valence-electron chi connectivity index (χ3n) is 3.28. The molecule has 2 heterocycles. The van der Waals surface area contributed by atoms with Crippen LogP contribution in [0.5, 0.6) is 5.75 Å². The third-order valence-corrected chi connectivity index (χ3v) is 4.04. The number of hydrogen-bond acceptors (Lipinski definition) is 5. The van der Waals surface area contributed by atoms with Crippen molar-refractivity contribution < 1.29 is 9.53 Å². The number of methoxy groups -OCH3 is 1. The number of para-hydroxylation sites is 1. The molecule has 0 saturated carbocycles. The van der Waals surface area contributed by atoms with Gasteiger partial charge in [-0.2, -0.15) is 0 Å². The zero-order valence-electron chi connectivity index (χ0n) is 12.7. The van der Waals surface area contributed by atoms with Gasteiger partial charge in [0.15, 0.2) is 5.13 Å². The Bertz CT molecular complexity index is 828. The van der Waals surface area contributed by atoms with E-state index in [1.165, 1.54) is 11.3 Å². The Morgan fingerprint density at radius 2 is 2.04 bits per heavy atom. The Balaban J connectivity index is 1.79. The molecule has 0 aliphatic rings. The van der Waals surface area contributed by atoms with E-state index in [1.807, 2.05) is 36.6 Å². The van der Waals surface area contributed by atoms with E-state index in [4.69, 9.17) is 4.74 Å². The number of thiazole rings is 1. The number of benzene rings is 1. The second kappa shape index (κ2) is 6.58. The molecule has 6 heteroatoms. The van der Waals surface area contributed by atoms with E-state index in [-0.39, 0.29) is 5.91 Å². The standard InChI is InChI=1S/C17H15N3O2S/c1-11-7-8-12(9-18-11)16(21)20-17-19-14(10-23-17)13-5-3-4-6-15(13)22-2/h3-10H,1-2H3,(H,19,20,21). The van der Waals surface area contributed by atoms with Gasteiger partial charge in [-0.1, -0.05) is 12.1 Å². The van der Waals surface area contributed by atoms with Crippen LogP contribution >= 0.6 is 11.3 Å². The molecule has 0 spiro atoms. The predicted octanol–water partition coefficient (Wildman–Crippen LogP) is 3.77. The van der Waals surface area contributed by atoms with Gasteiger partial charge in [-0.25, -0.2) is 4.98 Å². The Hall–Kier alpha value is -2.73. The van der Waals surface area contributed by atoms with E-state index in [2.05, 4.69) is 15.3 Å². The lowest BCUT2D eigenvalue weighted by Gasteiger charge is -2.05. The average molecular weight is 325 g/mol. The lowest BCUT2D eigenvalue weighted by molar-refractivity contribution is 0.102. The smallest absolute Gasteiger partial charge is 0.259 e. The monoisotopic (exact) mass is 325 g/mol. The van der Waals surface area contributed by atoms with E-state index >= 15 is 0 Å². The zero-order valence-corrected chi connectivity index (χ0v) is 13.6. The maximum Gasteiger partial charge on any atom is 0.259 e. The van der Waals surface area contributed by atoms with Gasteiger partial charge in [0.2, 0.25) is 0 Å². The third kappa shape index (κ3) is 3.37. The van der Waals surface area contributed by atoms with Crippen molar-refractivity contribution in [2.45, 2.75) is 6.92 Å². The molecule has 0 saturated heterocycles. The number of rotatable bonds is 4. The largest absolute Gasteiger partial charge is 0.496 e. The molecule has 2 aromatic heterocycles. The molecule has 0 atom stereocenters. The fourth-order valence-corrected chi connectivity index (χ4v) is 2.79. The average Bonchev–Trinajstić information content (AvgIpc) is 3.03. The van der Waals surface area contributed by atoms with Crippen LogP contribution < -0.4 is 10.1 Å². The molecule has 0 fully saturated rings. The van der Waals surface area contributed by atoms with Crippen molar-refractivity contribution in [1.82, 2.24) is 9.97 Å². The van der Waals surface area contributed by atoms with Gasteiger partial charge in [-0.3, -0.25) is 15.1 Å². The number of aromatic nitrogens is 2. The Labute approximate surface area is 138 Å². The van der Waals surface area contributed by atoms with Gasteiger partial charge >= 0.3 is 0 Å². The highest BCUT2D eigenvalue weighted by atomic mass is 32.1. The molecular weight excluding hydrogens is 310 g/mol. The number of anilines is 1. The number of nitrogens with one attached hydrogen (secondary N) is 1. The molecule has 0 radical (unpaired) electrons. The van der Waals surface area contributed by atoms with Gasteiger partial charge in [-0.05, 0) is 31.2 Å². The quantitative estimate of drug-likeness (QED) is 0.793. The second-order valence-corrected chi connectivity index (χ2v) is 5.74. The van der Waals surface area contributed by atoms with E-state index in [0.717, 1.165) is 22.7 Å². The van der Waals surface area contributed by atoms with Gasteiger partial charge in [0.05, 0.1) is 18.4 Å². The van der Waals surface area contributed by atoms with Gasteiger partial charge in [0.1, 0.15) is 5.75 Å². The number of aryl methyl sites for hydroxylation is 1. The fourth-order valence-electron chi connectivity index (χ4n) is 2.08. The minimum atomic E-state index is -0.224. The van der Waals surface area contributed by atoms with Crippen molar-refractivity contribution >= 4 is 22.4 Å². The van der Waals surface area contributed by atoms with Crippen molar-refractivity contribution in [2.24, 2.45) is 0 Å². The maximum atomic E-state index is 12.2. The summed E-state index contributed by atoms with van der Waals surface area (Å²) in [7, 11) is 1.62. The minimum absolute atomic E-state index is 0.224. The van der Waals surface area contributed by atoms with Crippen LogP contribution in [0, 0.1) is 6.92 Å². The molecule has 23 heavy (non-hydrogen) atoms. The number of amides is 1. The normalized spacial score (nSPS) is 10.3. The molecule has 3 rings (SSSR count). The number of ether oxygens (including phenoxy) is 1. The molecule has 0 aliphatic heterocycles. The van der Waals surface area contributed by atoms with Crippen LogP contribution in [0.2, 0.25) is 0 Å². The number of nitrogens with zero attached hydrogens (tertiary/aromatic N) is 2. The molecular formula is C17H15N3O2S. The summed E-state index contributed by atoms with van der Waals surface area (Å²) < 4.78 is 5.34. The molecule has 1 aromatic carbocycles. The van der Waals surface area contributed by atoms with Gasteiger partial charge < -0.3 is 4.74 Å². The van der Waals surface area contributed by atoms with E-state index < -0.39 is 0 Å². The van der Waals surface area contributed by atoms with E-state index in [9.17, 15) is 4.79 Å². The molecule has 0 aliphatic carbocycles. The highest BCUT2D eigenvalue weighted by Crippen LogP contribution is 2.31. The van der Waals surface area contributed by atoms with Crippen molar-refractivity contribution in [3.05, 3.63) is 59.2 Å². The van der Waals surface area contributed by atoms with E-state index in [1.54, 1.807) is 25.4 Å². The maximum absolute atomic E-state index is 12.2. The summed E-state index contributed by atoms with van der Waals surface area (Å²) in [4.78, 5) is 20.8. The summed E-state index contributed by atoms with van der Waals surface area (Å²) in [6.07, 6.45) is 1.55. The van der Waals surface area contributed by atoms with Crippen LogP contribution in [-0.2, 0) is 0 Å². The summed E-state index contributed by atoms with van der Waals surface area (Å²) in [6.45, 7) is 1.88. The lowest BCUT2D eigenvalue weighted by atomic mass is 10.1. The molecule has 116 valence electrons.